The highest BCUT2D eigenvalue weighted by Crippen LogP contribution is 2.43. The third-order valence-corrected chi connectivity index (χ3v) is 12.6. The lowest BCUT2D eigenvalue weighted by Crippen LogP contribution is -2.30. The number of phosphoric ester groups is 1. The van der Waals surface area contributed by atoms with Gasteiger partial charge in [0.1, 0.15) is 12.7 Å². The maximum absolute atomic E-state index is 12.9. The van der Waals surface area contributed by atoms with Gasteiger partial charge >= 0.3 is 25.7 Å². The van der Waals surface area contributed by atoms with Crippen LogP contribution in [0.4, 0.5) is 0 Å². The molecule has 2 N–H and O–H groups in total. The summed E-state index contributed by atoms with van der Waals surface area (Å²) >= 11 is 0. The molecule has 0 amide bonds. The van der Waals surface area contributed by atoms with Crippen LogP contribution in [0.25, 0.3) is 0 Å². The molecule has 3 atom stereocenters. The predicted molar refractivity (Wildman–Crippen MR) is 334 cm³/mol. The number of carbonyl (C=O) groups is 3. The summed E-state index contributed by atoms with van der Waals surface area (Å²) in [4.78, 5) is 48.6. The van der Waals surface area contributed by atoms with Crippen molar-refractivity contribution >= 4 is 25.7 Å². The highest BCUT2D eigenvalue weighted by Gasteiger charge is 2.28. The normalized spacial score (nSPS) is 14.5. The van der Waals surface area contributed by atoms with Crippen LogP contribution in [0.1, 0.15) is 201 Å². The highest BCUT2D eigenvalue weighted by molar-refractivity contribution is 7.47. The van der Waals surface area contributed by atoms with Crippen LogP contribution in [0.2, 0.25) is 0 Å². The van der Waals surface area contributed by atoms with E-state index in [4.69, 9.17) is 23.3 Å². The van der Waals surface area contributed by atoms with E-state index < -0.39 is 64.4 Å². The lowest BCUT2D eigenvalue weighted by Gasteiger charge is -2.21. The Hall–Kier alpha value is -5.16. The Morgan fingerprint density at radius 3 is 1.04 bits per heavy atom. The maximum atomic E-state index is 12.9. The molecule has 0 aromatic carbocycles. The van der Waals surface area contributed by atoms with Gasteiger partial charge < -0.3 is 24.2 Å². The number of unbranched alkanes of at least 4 members (excludes halogenated alkanes) is 8. The molecule has 0 rings (SSSR count). The van der Waals surface area contributed by atoms with Gasteiger partial charge in [-0.25, -0.2) is 4.57 Å². The van der Waals surface area contributed by atoms with E-state index in [1.54, 1.807) is 0 Å². The van der Waals surface area contributed by atoms with Gasteiger partial charge in [-0.15, -0.1) is 0 Å². The molecule has 11 nitrogen and oxygen atoms in total. The summed E-state index contributed by atoms with van der Waals surface area (Å²) in [5.74, 6) is -1.65. The van der Waals surface area contributed by atoms with Crippen LogP contribution >= 0.6 is 7.82 Å². The van der Waals surface area contributed by atoms with Crippen LogP contribution in [-0.2, 0) is 42.2 Å². The van der Waals surface area contributed by atoms with Gasteiger partial charge in [0.05, 0.1) is 19.8 Å². The SMILES string of the molecule is CC/C=C\C/C=C\C/C=C\C/C=C\C/C=C\C/C=C\CCC(=O)OC(COC(=O)CCCC/C=C\C/C=C\C/C=C\C/C=C\CC)COP(=O)(O)OCC(CO)OC(=O)CCCCCCCC/C=C\C/C=C\C/C=C\C/C=C\CC. The Labute approximate surface area is 485 Å². The quantitative estimate of drug-likeness (QED) is 0.0197. The van der Waals surface area contributed by atoms with Crippen LogP contribution in [-0.4, -0.2) is 66.5 Å². The number of ether oxygens (including phenoxy) is 3. The van der Waals surface area contributed by atoms with Crippen molar-refractivity contribution in [3.8, 4) is 0 Å². The Morgan fingerprint density at radius 1 is 0.350 bits per heavy atom. The van der Waals surface area contributed by atoms with Crippen molar-refractivity contribution in [2.75, 3.05) is 26.4 Å². The minimum atomic E-state index is -4.80. The minimum Gasteiger partial charge on any atom is -0.462 e. The Bertz CT molecular complexity index is 1990. The van der Waals surface area contributed by atoms with Crippen molar-refractivity contribution in [1.82, 2.24) is 0 Å². The summed E-state index contributed by atoms with van der Waals surface area (Å²) in [7, 11) is -4.80. The zero-order valence-corrected chi connectivity index (χ0v) is 50.4. The number of phosphoric acid groups is 1. The van der Waals surface area contributed by atoms with Gasteiger partial charge in [-0.3, -0.25) is 23.4 Å². The smallest absolute Gasteiger partial charge is 0.462 e. The fourth-order valence-electron chi connectivity index (χ4n) is 7.19. The maximum Gasteiger partial charge on any atom is 0.472 e. The second-order valence-electron chi connectivity index (χ2n) is 19.0. The third-order valence-electron chi connectivity index (χ3n) is 11.6. The van der Waals surface area contributed by atoms with E-state index in [0.29, 0.717) is 25.7 Å². The van der Waals surface area contributed by atoms with Crippen molar-refractivity contribution < 1.29 is 52.2 Å². The summed E-state index contributed by atoms with van der Waals surface area (Å²) in [5.41, 5.74) is 0. The Morgan fingerprint density at radius 2 is 0.637 bits per heavy atom. The summed E-state index contributed by atoms with van der Waals surface area (Å²) in [6.07, 6.45) is 80.4. The van der Waals surface area contributed by atoms with Crippen LogP contribution in [0.3, 0.4) is 0 Å². The largest absolute Gasteiger partial charge is 0.472 e. The van der Waals surface area contributed by atoms with Crippen molar-refractivity contribution in [3.05, 3.63) is 170 Å². The van der Waals surface area contributed by atoms with Gasteiger partial charge in [0.15, 0.2) is 6.10 Å². The number of hydrogen-bond donors (Lipinski definition) is 2. The molecule has 0 aromatic rings. The van der Waals surface area contributed by atoms with Crippen molar-refractivity contribution in [3.63, 3.8) is 0 Å². The van der Waals surface area contributed by atoms with E-state index in [0.717, 1.165) is 135 Å². The number of rotatable bonds is 53. The molecule has 0 aliphatic heterocycles. The van der Waals surface area contributed by atoms with E-state index in [1.807, 2.05) is 12.2 Å². The second kappa shape index (κ2) is 59.9. The first-order chi connectivity index (χ1) is 39.2. The van der Waals surface area contributed by atoms with Crippen molar-refractivity contribution in [2.45, 2.75) is 213 Å². The fraction of sp³-hybridized carbons (Fsp3) is 0.544. The average molecular weight is 1130 g/mol. The number of allylic oxidation sites excluding steroid dienone is 28. The summed E-state index contributed by atoms with van der Waals surface area (Å²) in [5, 5.41) is 9.84. The Kier molecular flexibility index (Phi) is 56.1. The van der Waals surface area contributed by atoms with Gasteiger partial charge in [-0.05, 0) is 135 Å². The van der Waals surface area contributed by atoms with Gasteiger partial charge in [0, 0.05) is 19.3 Å². The van der Waals surface area contributed by atoms with Crippen molar-refractivity contribution in [2.24, 2.45) is 0 Å². The number of carbonyl (C=O) groups excluding carboxylic acids is 3. The molecule has 80 heavy (non-hydrogen) atoms. The van der Waals surface area contributed by atoms with E-state index >= 15 is 0 Å². The van der Waals surface area contributed by atoms with Gasteiger partial charge in [0.2, 0.25) is 0 Å². The molecular formula is C68H105O11P. The summed E-state index contributed by atoms with van der Waals surface area (Å²) < 4.78 is 39.4. The third kappa shape index (κ3) is 57.5. The lowest BCUT2D eigenvalue weighted by molar-refractivity contribution is -0.161. The first-order valence-corrected chi connectivity index (χ1v) is 31.5. The zero-order valence-electron chi connectivity index (χ0n) is 49.5. The van der Waals surface area contributed by atoms with Crippen LogP contribution < -0.4 is 0 Å². The molecule has 0 bridgehead atoms. The van der Waals surface area contributed by atoms with E-state index in [1.165, 1.54) is 0 Å². The first kappa shape index (κ1) is 74.8. The molecule has 0 saturated carbocycles. The first-order valence-electron chi connectivity index (χ1n) is 30.0. The van der Waals surface area contributed by atoms with E-state index in [2.05, 4.69) is 179 Å². The summed E-state index contributed by atoms with van der Waals surface area (Å²) in [6.45, 7) is 4.13. The highest BCUT2D eigenvalue weighted by atomic mass is 31.2. The van der Waals surface area contributed by atoms with Gasteiger partial charge in [-0.1, -0.05) is 217 Å². The van der Waals surface area contributed by atoms with E-state index in [-0.39, 0.29) is 19.3 Å². The molecule has 0 fully saturated rings. The molecule has 0 saturated heterocycles. The number of hydrogen-bond acceptors (Lipinski definition) is 10. The molecule has 12 heteroatoms. The monoisotopic (exact) mass is 1130 g/mol. The molecule has 0 aliphatic rings. The zero-order chi connectivity index (χ0) is 58.3. The second-order valence-corrected chi connectivity index (χ2v) is 20.5. The fourth-order valence-corrected chi connectivity index (χ4v) is 7.97. The number of aliphatic hydroxyl groups is 1. The van der Waals surface area contributed by atoms with Gasteiger partial charge in [-0.2, -0.15) is 0 Å². The molecule has 0 aromatic heterocycles. The summed E-state index contributed by atoms with van der Waals surface area (Å²) in [6, 6.07) is 0. The lowest BCUT2D eigenvalue weighted by atomic mass is 10.1. The average Bonchev–Trinajstić information content (AvgIpc) is 3.45. The van der Waals surface area contributed by atoms with Gasteiger partial charge in [0.25, 0.3) is 0 Å². The molecule has 3 unspecified atom stereocenters. The minimum absolute atomic E-state index is 0.0218. The molecule has 0 radical (unpaired) electrons. The molecule has 0 heterocycles. The molecule has 448 valence electrons. The molecule has 0 aliphatic carbocycles. The van der Waals surface area contributed by atoms with Crippen LogP contribution in [0.15, 0.2) is 170 Å². The molecule has 0 spiro atoms. The standard InChI is InChI=1S/C68H105O11P/c1-4-7-10-13-16-19-22-25-28-30-32-34-37-40-43-46-49-52-55-58-67(71)78-64(60-69)62-76-80(73,74)77-63-65(61-75-66(70)57-54-51-48-45-42-39-36-27-24-21-18-15-12-9-6-3)79-68(72)59-56-53-50-47-44-41-38-35-33-31-29-26-23-20-17-14-11-8-5-2/h7-12,16-21,25-29,32-36,41-42,44-45,50,53,64-65,69H,4-6,13-15,22-24,30-31,37-40,43,46-49,51-52,54-63H2,1-3H3,(H,73,74)/b10-7-,11-8-,12-9-,19-16-,20-17-,21-18-,28-25-,29-26-,34-32-,35-33-,36-27-,44-41-,45-42-,53-50-. The van der Waals surface area contributed by atoms with Crippen LogP contribution in [0.5, 0.6) is 0 Å². The molecular weight excluding hydrogens is 1020 g/mol. The van der Waals surface area contributed by atoms with E-state index in [9.17, 15) is 28.9 Å². The number of aliphatic hydroxyl groups excluding tert-OH is 1. The predicted octanol–water partition coefficient (Wildman–Crippen LogP) is 18.2. The Balaban J connectivity index is 4.89. The topological polar surface area (TPSA) is 155 Å². The van der Waals surface area contributed by atoms with Crippen molar-refractivity contribution in [1.29, 1.82) is 0 Å². The van der Waals surface area contributed by atoms with Crippen LogP contribution in [0, 0.1) is 0 Å². The number of esters is 3.